The maximum Gasteiger partial charge on any atom is 0.251 e. The van der Waals surface area contributed by atoms with Gasteiger partial charge in [-0.05, 0) is 77.6 Å². The lowest BCUT2D eigenvalue weighted by Gasteiger charge is -2.35. The van der Waals surface area contributed by atoms with Gasteiger partial charge in [0.1, 0.15) is 48.1 Å². The first kappa shape index (κ1) is 46.7. The molecule has 1 aliphatic heterocycles. The van der Waals surface area contributed by atoms with Crippen LogP contribution >= 0.6 is 22.9 Å². The predicted molar refractivity (Wildman–Crippen MR) is 245 cm³/mol. The molecule has 2 fully saturated rings. The molecule has 14 nitrogen and oxygen atoms in total. The lowest BCUT2D eigenvalue weighted by atomic mass is 9.85. The lowest BCUT2D eigenvalue weighted by molar-refractivity contribution is -0.144. The van der Waals surface area contributed by atoms with Crippen LogP contribution < -0.4 is 25.4 Å². The Balaban J connectivity index is 0.831. The van der Waals surface area contributed by atoms with Crippen molar-refractivity contribution in [1.82, 2.24) is 25.8 Å². The van der Waals surface area contributed by atoms with E-state index in [1.807, 2.05) is 75.7 Å². The van der Waals surface area contributed by atoms with Gasteiger partial charge in [-0.2, -0.15) is 5.26 Å². The van der Waals surface area contributed by atoms with Crippen LogP contribution in [0.1, 0.15) is 72.8 Å². The number of hydrogen-bond acceptors (Lipinski definition) is 11. The number of nitriles is 1. The second kappa shape index (κ2) is 20.7. The minimum absolute atomic E-state index is 0.0233. The molecular formula is C49H51ClN6O8S. The van der Waals surface area contributed by atoms with Gasteiger partial charge in [0.2, 0.25) is 17.7 Å². The van der Waals surface area contributed by atoms with Crippen molar-refractivity contribution in [3.05, 3.63) is 129 Å². The first-order chi connectivity index (χ1) is 31.1. The lowest BCUT2D eigenvalue weighted by Crippen LogP contribution is -2.58. The highest BCUT2D eigenvalue weighted by atomic mass is 35.5. The van der Waals surface area contributed by atoms with E-state index >= 15 is 0 Å². The van der Waals surface area contributed by atoms with Crippen molar-refractivity contribution in [2.24, 2.45) is 5.41 Å². The summed E-state index contributed by atoms with van der Waals surface area (Å²) in [5.41, 5.74) is 5.64. The SMILES string of the molecule is Cc1ncsc1-c1ccc(CNC(=O)C2C[C@@H](O)CN2C(=O)[C@@H](NC(=O)COCc2ccc(Oc3ccc(C(=O)NC4CC(Oc5ccc(C#N)c(Cl)c5)C4)cc3)cc2)C(C)(C)C)cc1. The minimum atomic E-state index is -0.986. The highest BCUT2D eigenvalue weighted by Gasteiger charge is 2.44. The number of carbonyl (C=O) groups is 4. The number of β-amino-alcohol motifs (C(OH)–C–C–N with tert-alkyl or cyclic N) is 1. The van der Waals surface area contributed by atoms with E-state index in [1.54, 1.807) is 65.9 Å². The summed E-state index contributed by atoms with van der Waals surface area (Å²) in [4.78, 5) is 60.2. The van der Waals surface area contributed by atoms with Gasteiger partial charge in [-0.3, -0.25) is 19.2 Å². The summed E-state index contributed by atoms with van der Waals surface area (Å²) in [5.74, 6) is 0.164. The zero-order valence-electron chi connectivity index (χ0n) is 36.5. The van der Waals surface area contributed by atoms with Crippen LogP contribution in [0.3, 0.4) is 0 Å². The molecule has 4 aromatic carbocycles. The molecule has 0 bridgehead atoms. The maximum absolute atomic E-state index is 14.0. The average Bonchev–Trinajstić information content (AvgIpc) is 3.89. The van der Waals surface area contributed by atoms with Gasteiger partial charge >= 0.3 is 0 Å². The molecule has 4 amide bonds. The monoisotopic (exact) mass is 918 g/mol. The summed E-state index contributed by atoms with van der Waals surface area (Å²) in [6, 6.07) is 26.9. The van der Waals surface area contributed by atoms with Crippen LogP contribution in [0.5, 0.6) is 17.2 Å². The van der Waals surface area contributed by atoms with Crippen LogP contribution in [0.2, 0.25) is 5.02 Å². The number of benzene rings is 4. The van der Waals surface area contributed by atoms with Crippen LogP contribution in [0, 0.1) is 23.7 Å². The third-order valence-corrected chi connectivity index (χ3v) is 12.6. The Bertz CT molecular complexity index is 2530. The summed E-state index contributed by atoms with van der Waals surface area (Å²) in [7, 11) is 0. The zero-order chi connectivity index (χ0) is 46.3. The van der Waals surface area contributed by atoms with Crippen molar-refractivity contribution >= 4 is 46.6 Å². The molecule has 3 atom stereocenters. The van der Waals surface area contributed by atoms with E-state index < -0.39 is 35.4 Å². The molecule has 1 unspecified atom stereocenters. The van der Waals surface area contributed by atoms with Crippen molar-refractivity contribution < 1.29 is 38.5 Å². The van der Waals surface area contributed by atoms with E-state index in [-0.39, 0.29) is 56.7 Å². The van der Waals surface area contributed by atoms with Gasteiger partial charge in [0, 0.05) is 50.0 Å². The second-order valence-corrected chi connectivity index (χ2v) is 18.6. The molecule has 7 rings (SSSR count). The van der Waals surface area contributed by atoms with Crippen molar-refractivity contribution in [3.8, 4) is 33.8 Å². The number of aliphatic hydroxyl groups is 1. The van der Waals surface area contributed by atoms with E-state index in [0.29, 0.717) is 46.2 Å². The normalized spacial score (nSPS) is 18.4. The van der Waals surface area contributed by atoms with Crippen molar-refractivity contribution in [2.45, 2.75) is 90.4 Å². The number of hydrogen-bond donors (Lipinski definition) is 4. The molecule has 1 aromatic heterocycles. The molecule has 1 aliphatic carbocycles. The molecular weight excluding hydrogens is 868 g/mol. The Morgan fingerprint density at radius 2 is 1.60 bits per heavy atom. The molecule has 1 saturated carbocycles. The number of amides is 4. The molecule has 0 spiro atoms. The van der Waals surface area contributed by atoms with Gasteiger partial charge in [-0.15, -0.1) is 11.3 Å². The van der Waals surface area contributed by atoms with Crippen molar-refractivity contribution in [2.75, 3.05) is 13.2 Å². The topological polar surface area (TPSA) is 192 Å². The van der Waals surface area contributed by atoms with Crippen molar-refractivity contribution in [1.29, 1.82) is 5.26 Å². The van der Waals surface area contributed by atoms with Gasteiger partial charge in [-0.25, -0.2) is 4.98 Å². The minimum Gasteiger partial charge on any atom is -0.490 e. The number of thiazole rings is 1. The Hall–Kier alpha value is -6.31. The Kier molecular flexibility index (Phi) is 14.8. The molecule has 2 aliphatic rings. The van der Waals surface area contributed by atoms with Gasteiger partial charge in [0.05, 0.1) is 39.4 Å². The number of carbonyl (C=O) groups excluding carboxylic acids is 4. The number of nitrogens with zero attached hydrogens (tertiary/aromatic N) is 3. The number of aliphatic hydroxyl groups excluding tert-OH is 1. The third kappa shape index (κ3) is 12.1. The van der Waals surface area contributed by atoms with Gasteiger partial charge in [0.25, 0.3) is 5.91 Å². The summed E-state index contributed by atoms with van der Waals surface area (Å²) in [6.45, 7) is 7.47. The van der Waals surface area contributed by atoms with Crippen molar-refractivity contribution in [3.63, 3.8) is 0 Å². The molecule has 2 heterocycles. The van der Waals surface area contributed by atoms with Crippen LogP contribution in [-0.2, 0) is 32.3 Å². The quantitative estimate of drug-likeness (QED) is 0.0794. The number of nitrogens with one attached hydrogen (secondary N) is 3. The maximum atomic E-state index is 14.0. The van der Waals surface area contributed by atoms with E-state index in [1.165, 1.54) is 4.90 Å². The molecule has 65 heavy (non-hydrogen) atoms. The number of aromatic nitrogens is 1. The largest absolute Gasteiger partial charge is 0.490 e. The second-order valence-electron chi connectivity index (χ2n) is 17.3. The first-order valence-electron chi connectivity index (χ1n) is 21.3. The number of aryl methyl sites for hydroxylation is 1. The van der Waals surface area contributed by atoms with E-state index in [0.717, 1.165) is 27.3 Å². The average molecular weight is 920 g/mol. The molecule has 338 valence electrons. The molecule has 16 heteroatoms. The Morgan fingerprint density at radius 3 is 2.23 bits per heavy atom. The molecule has 4 N–H and O–H groups in total. The van der Waals surface area contributed by atoms with Crippen LogP contribution in [-0.4, -0.2) is 82.1 Å². The van der Waals surface area contributed by atoms with Gasteiger partial charge < -0.3 is 40.2 Å². The Morgan fingerprint density at radius 1 is 0.938 bits per heavy atom. The number of rotatable bonds is 16. The fourth-order valence-corrected chi connectivity index (χ4v) is 8.63. The Labute approximate surface area is 386 Å². The third-order valence-electron chi connectivity index (χ3n) is 11.3. The number of ether oxygens (including phenoxy) is 3. The van der Waals surface area contributed by atoms with E-state index in [4.69, 9.17) is 31.1 Å². The van der Waals surface area contributed by atoms with Crippen LogP contribution in [0.25, 0.3) is 10.4 Å². The number of halogens is 1. The van der Waals surface area contributed by atoms with Crippen LogP contribution in [0.15, 0.2) is 96.5 Å². The van der Waals surface area contributed by atoms with Crippen LogP contribution in [0.4, 0.5) is 0 Å². The highest BCUT2D eigenvalue weighted by Crippen LogP contribution is 2.31. The predicted octanol–water partition coefficient (Wildman–Crippen LogP) is 7.10. The van der Waals surface area contributed by atoms with Gasteiger partial charge in [0.15, 0.2) is 0 Å². The molecule has 5 aromatic rings. The molecule has 1 saturated heterocycles. The fourth-order valence-electron chi connectivity index (χ4n) is 7.61. The van der Waals surface area contributed by atoms with E-state index in [9.17, 15) is 24.3 Å². The molecule has 0 radical (unpaired) electrons. The van der Waals surface area contributed by atoms with E-state index in [2.05, 4.69) is 20.9 Å². The number of likely N-dealkylation sites (tertiary alicyclic amines) is 1. The standard InChI is InChI=1S/C49H51ClN6O8S/c1-29-44(65-28-53-29)32-9-5-30(6-10-32)24-52-47(60)42-21-36(57)25-56(42)48(61)45(49(2,3)4)55-43(58)27-62-26-31-7-14-37(15-8-31)63-38-16-11-33(12-17-38)46(59)54-35-19-40(20-35)64-39-18-13-34(23-51)41(50)22-39/h5-18,22,28,35-36,40,42,45,57H,19-21,24-27H2,1-4H3,(H,52,60)(H,54,59)(H,55,58)/t35?,36-,40?,42?,45-/m1/s1. The fraction of sp³-hybridized carbons (Fsp3) is 0.347. The smallest absolute Gasteiger partial charge is 0.251 e. The first-order valence-corrected chi connectivity index (χ1v) is 22.6. The summed E-state index contributed by atoms with van der Waals surface area (Å²) < 4.78 is 17.6. The summed E-state index contributed by atoms with van der Waals surface area (Å²) >= 11 is 7.67. The zero-order valence-corrected chi connectivity index (χ0v) is 38.1. The summed E-state index contributed by atoms with van der Waals surface area (Å²) in [5, 5.41) is 28.7. The highest BCUT2D eigenvalue weighted by molar-refractivity contribution is 7.13. The summed E-state index contributed by atoms with van der Waals surface area (Å²) in [6.07, 6.45) is 0.448. The van der Waals surface area contributed by atoms with Gasteiger partial charge in [-0.1, -0.05) is 68.8 Å².